The van der Waals surface area contributed by atoms with E-state index >= 15 is 0 Å². The predicted molar refractivity (Wildman–Crippen MR) is 229 cm³/mol. The van der Waals surface area contributed by atoms with Crippen molar-refractivity contribution in [2.45, 2.75) is 26.2 Å². The lowest BCUT2D eigenvalue weighted by molar-refractivity contribution is 0.591. The molecule has 0 aliphatic heterocycles. The fourth-order valence-corrected chi connectivity index (χ4v) is 7.56. The van der Waals surface area contributed by atoms with Crippen LogP contribution in [0.1, 0.15) is 26.3 Å². The van der Waals surface area contributed by atoms with Crippen LogP contribution in [0, 0.1) is 6.57 Å². The van der Waals surface area contributed by atoms with Gasteiger partial charge in [0.15, 0.2) is 11.5 Å². The third kappa shape index (κ3) is 6.26. The number of nitrogens with zero attached hydrogens (tertiary/aromatic N) is 4. The minimum Gasteiger partial charge on any atom is -0.308 e. The van der Waals surface area contributed by atoms with Crippen LogP contribution in [-0.4, -0.2) is 14.5 Å². The van der Waals surface area contributed by atoms with E-state index in [1.54, 1.807) is 0 Å². The van der Waals surface area contributed by atoms with Crippen molar-refractivity contribution < 1.29 is 0 Å². The van der Waals surface area contributed by atoms with Gasteiger partial charge in [-0.05, 0) is 70.0 Å². The van der Waals surface area contributed by atoms with Crippen LogP contribution in [0.4, 0.5) is 5.69 Å². The smallest absolute Gasteiger partial charge is 0.188 e. The molecule has 0 aliphatic carbocycles. The van der Waals surface area contributed by atoms with E-state index in [1.165, 1.54) is 5.56 Å². The first-order valence-corrected chi connectivity index (χ1v) is 18.6. The van der Waals surface area contributed by atoms with Crippen molar-refractivity contribution >= 4 is 27.5 Å². The Morgan fingerprint density at radius 2 is 0.945 bits per heavy atom. The quantitative estimate of drug-likeness (QED) is 0.161. The Morgan fingerprint density at radius 3 is 1.47 bits per heavy atom. The highest BCUT2D eigenvalue weighted by Crippen LogP contribution is 2.45. The van der Waals surface area contributed by atoms with Crippen LogP contribution in [0.2, 0.25) is 0 Å². The van der Waals surface area contributed by atoms with Crippen molar-refractivity contribution in [2.24, 2.45) is 0 Å². The van der Waals surface area contributed by atoms with Gasteiger partial charge in [0.05, 0.1) is 34.7 Å². The van der Waals surface area contributed by atoms with Gasteiger partial charge < -0.3 is 4.57 Å². The largest absolute Gasteiger partial charge is 0.308 e. The Kier molecular flexibility index (Phi) is 8.41. The van der Waals surface area contributed by atoms with E-state index in [4.69, 9.17) is 16.5 Å². The summed E-state index contributed by atoms with van der Waals surface area (Å²) in [6.07, 6.45) is 0. The third-order valence-electron chi connectivity index (χ3n) is 10.4. The summed E-state index contributed by atoms with van der Waals surface area (Å²) in [5.41, 5.74) is 14.1. The zero-order chi connectivity index (χ0) is 37.5. The van der Waals surface area contributed by atoms with Crippen molar-refractivity contribution in [3.05, 3.63) is 193 Å². The Balaban J connectivity index is 1.41. The summed E-state index contributed by atoms with van der Waals surface area (Å²) in [5, 5.41) is 2.19. The van der Waals surface area contributed by atoms with Gasteiger partial charge in [0.2, 0.25) is 0 Å². The molecule has 0 fully saturated rings. The van der Waals surface area contributed by atoms with Crippen LogP contribution in [0.5, 0.6) is 0 Å². The van der Waals surface area contributed by atoms with Crippen LogP contribution in [0.25, 0.3) is 88.5 Å². The molecule has 0 bridgehead atoms. The summed E-state index contributed by atoms with van der Waals surface area (Å²) >= 11 is 0. The molecule has 0 unspecified atom stereocenters. The van der Waals surface area contributed by atoms with Crippen LogP contribution in [0.3, 0.4) is 0 Å². The van der Waals surface area contributed by atoms with Gasteiger partial charge in [0.25, 0.3) is 0 Å². The SMILES string of the molecule is [C-]#[N+]c1ccc2c(c1)c1cc(C(C)(C)C)ccc1n2-c1c(-c2ccccc2)cc(-c2cc(-c3ccccc3)nc(-c3ccccc3)n2)cc1-c1ccccc1. The molecule has 7 aromatic carbocycles. The van der Waals surface area contributed by atoms with Gasteiger partial charge in [-0.2, -0.15) is 0 Å². The molecule has 4 nitrogen and oxygen atoms in total. The molecule has 9 aromatic rings. The van der Waals surface area contributed by atoms with E-state index in [2.05, 4.69) is 158 Å². The molecule has 2 heterocycles. The Labute approximate surface area is 321 Å². The molecular formula is C51H38N4. The number of hydrogen-bond acceptors (Lipinski definition) is 2. The first kappa shape index (κ1) is 33.7. The fourth-order valence-electron chi connectivity index (χ4n) is 7.56. The maximum atomic E-state index is 7.89. The van der Waals surface area contributed by atoms with Crippen molar-refractivity contribution in [1.29, 1.82) is 0 Å². The second-order valence-corrected chi connectivity index (χ2v) is 15.0. The molecule has 55 heavy (non-hydrogen) atoms. The number of hydrogen-bond donors (Lipinski definition) is 0. The normalized spacial score (nSPS) is 11.5. The molecule has 0 N–H and O–H groups in total. The number of aromatic nitrogens is 3. The van der Waals surface area contributed by atoms with Gasteiger partial charge in [0.1, 0.15) is 0 Å². The monoisotopic (exact) mass is 706 g/mol. The molecular weight excluding hydrogens is 669 g/mol. The fraction of sp³-hybridized carbons (Fsp3) is 0.0784. The first-order chi connectivity index (χ1) is 26.9. The van der Waals surface area contributed by atoms with Gasteiger partial charge in [-0.15, -0.1) is 0 Å². The first-order valence-electron chi connectivity index (χ1n) is 18.6. The zero-order valence-electron chi connectivity index (χ0n) is 31.0. The van der Waals surface area contributed by atoms with Crippen molar-refractivity contribution in [3.63, 3.8) is 0 Å². The van der Waals surface area contributed by atoms with Crippen LogP contribution in [0.15, 0.2) is 176 Å². The predicted octanol–water partition coefficient (Wildman–Crippen LogP) is 13.8. The second kappa shape index (κ2) is 13.7. The van der Waals surface area contributed by atoms with Crippen LogP contribution < -0.4 is 0 Å². The topological polar surface area (TPSA) is 35.1 Å². The van der Waals surface area contributed by atoms with E-state index in [-0.39, 0.29) is 5.41 Å². The molecule has 0 radical (unpaired) electrons. The third-order valence-corrected chi connectivity index (χ3v) is 10.4. The van der Waals surface area contributed by atoms with Gasteiger partial charge in [-0.3, -0.25) is 0 Å². The second-order valence-electron chi connectivity index (χ2n) is 15.0. The molecule has 0 saturated carbocycles. The van der Waals surface area contributed by atoms with Gasteiger partial charge in [-0.1, -0.05) is 154 Å². The Morgan fingerprint density at radius 1 is 0.473 bits per heavy atom. The zero-order valence-corrected chi connectivity index (χ0v) is 31.0. The molecule has 0 amide bonds. The van der Waals surface area contributed by atoms with Gasteiger partial charge >= 0.3 is 0 Å². The number of rotatable bonds is 6. The lowest BCUT2D eigenvalue weighted by Gasteiger charge is -2.22. The molecule has 4 heteroatoms. The van der Waals surface area contributed by atoms with Crippen LogP contribution in [-0.2, 0) is 5.41 Å². The molecule has 0 saturated heterocycles. The maximum absolute atomic E-state index is 7.89. The summed E-state index contributed by atoms with van der Waals surface area (Å²) < 4.78 is 2.41. The summed E-state index contributed by atoms with van der Waals surface area (Å²) in [7, 11) is 0. The lowest BCUT2D eigenvalue weighted by atomic mass is 9.86. The summed E-state index contributed by atoms with van der Waals surface area (Å²) in [6, 6.07) is 61.4. The van der Waals surface area contributed by atoms with E-state index in [1.807, 2.05) is 48.5 Å². The van der Waals surface area contributed by atoms with Crippen molar-refractivity contribution in [3.8, 4) is 61.8 Å². The lowest BCUT2D eigenvalue weighted by Crippen LogP contribution is -2.10. The number of benzene rings is 7. The molecule has 9 rings (SSSR count). The van der Waals surface area contributed by atoms with E-state index in [0.717, 1.165) is 77.8 Å². The average Bonchev–Trinajstić information content (AvgIpc) is 3.56. The molecule has 0 spiro atoms. The Bertz CT molecular complexity index is 2760. The van der Waals surface area contributed by atoms with Crippen molar-refractivity contribution in [2.75, 3.05) is 0 Å². The van der Waals surface area contributed by atoms with Crippen LogP contribution >= 0.6 is 0 Å². The Hall–Kier alpha value is -7.09. The van der Waals surface area contributed by atoms with E-state index in [9.17, 15) is 0 Å². The maximum Gasteiger partial charge on any atom is 0.188 e. The molecule has 262 valence electrons. The number of fused-ring (bicyclic) bond motifs is 3. The van der Waals surface area contributed by atoms with E-state index < -0.39 is 0 Å². The molecule has 0 atom stereocenters. The minimum absolute atomic E-state index is 0.0409. The summed E-state index contributed by atoms with van der Waals surface area (Å²) in [5.74, 6) is 0.677. The highest BCUT2D eigenvalue weighted by Gasteiger charge is 2.24. The average molecular weight is 707 g/mol. The van der Waals surface area contributed by atoms with Gasteiger partial charge in [0, 0.05) is 33.2 Å². The summed E-state index contributed by atoms with van der Waals surface area (Å²) in [6.45, 7) is 14.6. The minimum atomic E-state index is -0.0409. The standard InChI is InChI=1S/C51H38N4/c1-51(2,3)39-25-27-47-43(31-39)44-32-40(52-4)26-28-48(44)55(47)49-41(34-17-9-5-10-18-34)29-38(30-42(49)35-19-11-6-12-20-35)46-33-45(36-21-13-7-14-22-36)53-50(54-46)37-23-15-8-16-24-37/h5-33H,1-3H3. The van der Waals surface area contributed by atoms with Crippen molar-refractivity contribution in [1.82, 2.24) is 14.5 Å². The molecule has 2 aromatic heterocycles. The van der Waals surface area contributed by atoms with E-state index in [0.29, 0.717) is 11.5 Å². The van der Waals surface area contributed by atoms with Gasteiger partial charge in [-0.25, -0.2) is 14.8 Å². The highest BCUT2D eigenvalue weighted by molar-refractivity contribution is 6.12. The molecule has 0 aliphatic rings. The summed E-state index contributed by atoms with van der Waals surface area (Å²) in [4.78, 5) is 14.2. The highest BCUT2D eigenvalue weighted by atomic mass is 15.0.